The molecule has 1 aliphatic carbocycles. The van der Waals surface area contributed by atoms with Crippen LogP contribution >= 0.6 is 0 Å². The Balaban J connectivity index is 1.30. The fourth-order valence-electron chi connectivity index (χ4n) is 4.87. The van der Waals surface area contributed by atoms with Crippen molar-refractivity contribution in [3.05, 3.63) is 52.6 Å². The van der Waals surface area contributed by atoms with Gasteiger partial charge in [0.15, 0.2) is 5.65 Å². The number of piperidine rings is 1. The molecule has 3 heterocycles. The first kappa shape index (κ1) is 19.8. The van der Waals surface area contributed by atoms with Crippen LogP contribution in [0.15, 0.2) is 41.3 Å². The molecule has 0 atom stereocenters. The second kappa shape index (κ2) is 8.17. The number of fused-ring (bicyclic) bond motifs is 1. The molecule has 2 fully saturated rings. The summed E-state index contributed by atoms with van der Waals surface area (Å²) in [5.41, 5.74) is 2.21. The van der Waals surface area contributed by atoms with E-state index in [0.717, 1.165) is 49.6 Å². The number of nitrogens with one attached hydrogen (secondary N) is 1. The van der Waals surface area contributed by atoms with Crippen LogP contribution in [0.25, 0.3) is 11.2 Å². The summed E-state index contributed by atoms with van der Waals surface area (Å²) < 4.78 is 3.50. The summed E-state index contributed by atoms with van der Waals surface area (Å²) in [4.78, 5) is 36.6. The Hall–Kier alpha value is -3.16. The maximum atomic E-state index is 12.8. The highest BCUT2D eigenvalue weighted by atomic mass is 16.2. The predicted octanol–water partition coefficient (Wildman–Crippen LogP) is 2.96. The van der Waals surface area contributed by atoms with E-state index in [-0.39, 0.29) is 23.7 Å². The molecule has 8 heteroatoms. The van der Waals surface area contributed by atoms with Crippen LogP contribution in [0.1, 0.15) is 54.9 Å². The third-order valence-electron chi connectivity index (χ3n) is 6.66. The van der Waals surface area contributed by atoms with Crippen molar-refractivity contribution in [2.45, 2.75) is 50.6 Å². The Labute approximate surface area is 180 Å². The quantitative estimate of drug-likeness (QED) is 0.701. The minimum absolute atomic E-state index is 0.0129. The van der Waals surface area contributed by atoms with E-state index < -0.39 is 0 Å². The number of rotatable bonds is 4. The molecule has 31 heavy (non-hydrogen) atoms. The molecule has 8 nitrogen and oxygen atoms in total. The highest BCUT2D eigenvalue weighted by Crippen LogP contribution is 2.30. The predicted molar refractivity (Wildman–Crippen MR) is 119 cm³/mol. The van der Waals surface area contributed by atoms with Crippen LogP contribution in [-0.4, -0.2) is 49.0 Å². The van der Waals surface area contributed by atoms with Gasteiger partial charge in [-0.25, -0.2) is 9.78 Å². The fraction of sp³-hybridized carbons (Fsp3) is 0.478. The Morgan fingerprint density at radius 1 is 1.06 bits per heavy atom. The first-order valence-electron chi connectivity index (χ1n) is 11.2. The largest absolute Gasteiger partial charge is 0.351 e. The maximum absolute atomic E-state index is 12.8. The number of aryl methyl sites for hydroxylation is 1. The molecule has 1 saturated heterocycles. The van der Waals surface area contributed by atoms with Gasteiger partial charge in [0.05, 0.1) is 6.20 Å². The van der Waals surface area contributed by atoms with Crippen LogP contribution in [0.3, 0.4) is 0 Å². The lowest BCUT2D eigenvalue weighted by Crippen LogP contribution is -2.42. The third-order valence-corrected chi connectivity index (χ3v) is 6.66. The molecule has 1 amide bonds. The normalized spacial score (nSPS) is 18.0. The zero-order chi connectivity index (χ0) is 21.4. The number of hydrogen-bond acceptors (Lipinski definition) is 5. The SMILES string of the molecule is Cn1c(=O)n(C2CCCC2)c2nc(NC3CCN(C(=O)c4ccccc4)CC3)ncc21. The lowest BCUT2D eigenvalue weighted by molar-refractivity contribution is 0.0718. The monoisotopic (exact) mass is 420 g/mol. The third kappa shape index (κ3) is 3.71. The summed E-state index contributed by atoms with van der Waals surface area (Å²) in [7, 11) is 1.78. The average molecular weight is 421 g/mol. The molecule has 5 rings (SSSR count). The van der Waals surface area contributed by atoms with Crippen LogP contribution in [0.4, 0.5) is 5.95 Å². The van der Waals surface area contributed by atoms with Crippen LogP contribution in [0.5, 0.6) is 0 Å². The minimum atomic E-state index is -0.0129. The molecule has 1 aromatic carbocycles. The number of amides is 1. The first-order valence-corrected chi connectivity index (χ1v) is 11.2. The zero-order valence-electron chi connectivity index (χ0n) is 17.8. The van der Waals surface area contributed by atoms with E-state index in [1.807, 2.05) is 39.8 Å². The van der Waals surface area contributed by atoms with Gasteiger partial charge in [0.1, 0.15) is 5.52 Å². The molecular weight excluding hydrogens is 392 g/mol. The molecule has 0 unspecified atom stereocenters. The number of carbonyl (C=O) groups excluding carboxylic acids is 1. The van der Waals surface area contributed by atoms with Crippen LogP contribution < -0.4 is 11.0 Å². The number of hydrogen-bond donors (Lipinski definition) is 1. The van der Waals surface area contributed by atoms with Crippen molar-refractivity contribution < 1.29 is 4.79 Å². The molecule has 0 spiro atoms. The number of anilines is 1. The van der Waals surface area contributed by atoms with E-state index in [0.29, 0.717) is 24.7 Å². The molecule has 2 aromatic heterocycles. The molecule has 1 N–H and O–H groups in total. The van der Waals surface area contributed by atoms with E-state index in [1.54, 1.807) is 17.8 Å². The van der Waals surface area contributed by atoms with Crippen molar-refractivity contribution >= 4 is 23.0 Å². The maximum Gasteiger partial charge on any atom is 0.330 e. The Kier molecular flexibility index (Phi) is 5.21. The first-order chi connectivity index (χ1) is 15.1. The van der Waals surface area contributed by atoms with Crippen LogP contribution in [0, 0.1) is 0 Å². The summed E-state index contributed by atoms with van der Waals surface area (Å²) in [5.74, 6) is 0.638. The number of carbonyl (C=O) groups is 1. The average Bonchev–Trinajstić information content (AvgIpc) is 3.41. The van der Waals surface area contributed by atoms with Crippen molar-refractivity contribution in [2.75, 3.05) is 18.4 Å². The van der Waals surface area contributed by atoms with Gasteiger partial charge in [0.25, 0.3) is 5.91 Å². The minimum Gasteiger partial charge on any atom is -0.351 e. The van der Waals surface area contributed by atoms with Crippen molar-refractivity contribution in [3.63, 3.8) is 0 Å². The fourth-order valence-corrected chi connectivity index (χ4v) is 4.87. The van der Waals surface area contributed by atoms with Gasteiger partial charge < -0.3 is 10.2 Å². The molecular formula is C23H28N6O2. The van der Waals surface area contributed by atoms with Gasteiger partial charge >= 0.3 is 5.69 Å². The number of likely N-dealkylation sites (tertiary alicyclic amines) is 1. The lowest BCUT2D eigenvalue weighted by Gasteiger charge is -2.32. The molecule has 2 aliphatic rings. The van der Waals surface area contributed by atoms with Gasteiger partial charge in [-0.3, -0.25) is 13.9 Å². The Bertz CT molecular complexity index is 1140. The van der Waals surface area contributed by atoms with Crippen molar-refractivity contribution in [3.8, 4) is 0 Å². The van der Waals surface area contributed by atoms with Gasteiger partial charge in [-0.1, -0.05) is 31.0 Å². The number of benzene rings is 1. The second-order valence-electron chi connectivity index (χ2n) is 8.63. The second-order valence-corrected chi connectivity index (χ2v) is 8.63. The van der Waals surface area contributed by atoms with E-state index in [9.17, 15) is 9.59 Å². The van der Waals surface area contributed by atoms with Crippen LogP contribution in [-0.2, 0) is 7.05 Å². The molecule has 3 aromatic rings. The topological polar surface area (TPSA) is 85.0 Å². The zero-order valence-corrected chi connectivity index (χ0v) is 17.8. The highest BCUT2D eigenvalue weighted by Gasteiger charge is 2.26. The van der Waals surface area contributed by atoms with Gasteiger partial charge in [-0.05, 0) is 37.8 Å². The van der Waals surface area contributed by atoms with Crippen LogP contribution in [0.2, 0.25) is 0 Å². The summed E-state index contributed by atoms with van der Waals surface area (Å²) in [6, 6.07) is 9.86. The molecule has 0 bridgehead atoms. The molecule has 0 radical (unpaired) electrons. The Morgan fingerprint density at radius 3 is 2.48 bits per heavy atom. The summed E-state index contributed by atoms with van der Waals surface area (Å²) in [5, 5.41) is 3.43. The summed E-state index contributed by atoms with van der Waals surface area (Å²) >= 11 is 0. The number of nitrogens with zero attached hydrogens (tertiary/aromatic N) is 5. The standard InChI is InChI=1S/C23H28N6O2/c1-27-19-15-24-22(26-20(19)29(23(27)31)18-9-5-6-10-18)25-17-11-13-28(14-12-17)21(30)16-7-3-2-4-8-16/h2-4,7-8,15,17-18H,5-6,9-14H2,1H3,(H,24,25,26). The van der Waals surface area contributed by atoms with Gasteiger partial charge in [-0.15, -0.1) is 0 Å². The summed E-state index contributed by atoms with van der Waals surface area (Å²) in [6.45, 7) is 1.40. The summed E-state index contributed by atoms with van der Waals surface area (Å²) in [6.07, 6.45) is 7.78. The van der Waals surface area contributed by atoms with Crippen molar-refractivity contribution in [2.24, 2.45) is 7.05 Å². The smallest absolute Gasteiger partial charge is 0.330 e. The molecule has 1 aliphatic heterocycles. The lowest BCUT2D eigenvalue weighted by atomic mass is 10.0. The van der Waals surface area contributed by atoms with Gasteiger partial charge in [0, 0.05) is 37.8 Å². The van der Waals surface area contributed by atoms with Gasteiger partial charge in [0.2, 0.25) is 5.95 Å². The van der Waals surface area contributed by atoms with Crippen molar-refractivity contribution in [1.29, 1.82) is 0 Å². The number of imidazole rings is 1. The molecule has 1 saturated carbocycles. The number of aromatic nitrogens is 4. The highest BCUT2D eigenvalue weighted by molar-refractivity contribution is 5.94. The van der Waals surface area contributed by atoms with Crippen molar-refractivity contribution in [1.82, 2.24) is 24.0 Å². The van der Waals surface area contributed by atoms with E-state index in [4.69, 9.17) is 4.98 Å². The van der Waals surface area contributed by atoms with E-state index in [1.165, 1.54) is 0 Å². The molecule has 162 valence electrons. The van der Waals surface area contributed by atoms with E-state index in [2.05, 4.69) is 10.3 Å². The van der Waals surface area contributed by atoms with Gasteiger partial charge in [-0.2, -0.15) is 4.98 Å². The Morgan fingerprint density at radius 2 is 1.77 bits per heavy atom. The van der Waals surface area contributed by atoms with E-state index >= 15 is 0 Å².